The van der Waals surface area contributed by atoms with E-state index in [1.807, 2.05) is 66.7 Å². The minimum Gasteiger partial charge on any atom is -0.508 e. The van der Waals surface area contributed by atoms with Crippen molar-refractivity contribution < 1.29 is 19.7 Å². The molecule has 2 unspecified atom stereocenters. The van der Waals surface area contributed by atoms with E-state index < -0.39 is 0 Å². The summed E-state index contributed by atoms with van der Waals surface area (Å²) in [5.74, 6) is 3.89. The fourth-order valence-electron chi connectivity index (χ4n) is 4.25. The van der Waals surface area contributed by atoms with Crippen LogP contribution in [0.4, 0.5) is 0 Å². The summed E-state index contributed by atoms with van der Waals surface area (Å²) >= 11 is 0. The Morgan fingerprint density at radius 1 is 0.609 bits per heavy atom. The third-order valence-electron chi connectivity index (χ3n) is 7.76. The van der Waals surface area contributed by atoms with Gasteiger partial charge in [0.15, 0.2) is 0 Å². The standard InChI is InChI=1S/C20H26O2.C16H16O2.C6H12/c1-3-16(2)5-4-14-22-20-12-8-18(9-13-20)15-17-6-10-19(21)11-7-17;1-2-11-18-16-9-5-14(6-10-16)12-13-3-7-15(17)8-4-13;1-4-6(3)5-2/h6-13,16,21H,3-5,14-15H2,1-2H3;2-10,17H,1,11-12H2;4,6H,1,5H2,2-3H3. The fraction of sp³-hybridized carbons (Fsp3) is 0.333. The average Bonchev–Trinajstić information content (AvgIpc) is 3.09. The van der Waals surface area contributed by atoms with Gasteiger partial charge in [0.1, 0.15) is 29.6 Å². The van der Waals surface area contributed by atoms with E-state index in [0.29, 0.717) is 24.0 Å². The first kappa shape index (κ1) is 37.7. The van der Waals surface area contributed by atoms with Crippen LogP contribution in [-0.2, 0) is 12.8 Å². The molecule has 0 saturated carbocycles. The fourth-order valence-corrected chi connectivity index (χ4v) is 4.25. The maximum atomic E-state index is 9.30. The zero-order chi connectivity index (χ0) is 33.6. The number of aromatic hydroxyl groups is 2. The Morgan fingerprint density at radius 2 is 1.02 bits per heavy atom. The lowest BCUT2D eigenvalue weighted by molar-refractivity contribution is 0.294. The number of hydrogen-bond acceptors (Lipinski definition) is 4. The maximum Gasteiger partial charge on any atom is 0.119 e. The van der Waals surface area contributed by atoms with Gasteiger partial charge in [-0.1, -0.05) is 108 Å². The third kappa shape index (κ3) is 16.0. The maximum absolute atomic E-state index is 9.30. The van der Waals surface area contributed by atoms with Crippen LogP contribution in [0.1, 0.15) is 75.6 Å². The quantitative estimate of drug-likeness (QED) is 0.102. The SMILES string of the molecule is C=CC(C)CC.C=CCOc1ccc(Cc2ccc(O)cc2)cc1.CCC(C)CCCOc1ccc(Cc2ccc(O)cc2)cc1. The molecular formula is C42H54O4. The van der Waals surface area contributed by atoms with Crippen molar-refractivity contribution in [2.75, 3.05) is 13.2 Å². The normalized spacial score (nSPS) is 11.5. The van der Waals surface area contributed by atoms with Gasteiger partial charge in [-0.25, -0.2) is 0 Å². The van der Waals surface area contributed by atoms with E-state index in [0.717, 1.165) is 43.3 Å². The van der Waals surface area contributed by atoms with Crippen molar-refractivity contribution in [2.45, 2.75) is 66.2 Å². The molecule has 46 heavy (non-hydrogen) atoms. The highest BCUT2D eigenvalue weighted by atomic mass is 16.5. The van der Waals surface area contributed by atoms with Gasteiger partial charge in [0, 0.05) is 0 Å². The highest BCUT2D eigenvalue weighted by Gasteiger charge is 2.01. The van der Waals surface area contributed by atoms with E-state index in [4.69, 9.17) is 9.47 Å². The molecule has 0 heterocycles. The molecule has 4 heteroatoms. The molecule has 4 aromatic carbocycles. The second kappa shape index (κ2) is 22.1. The van der Waals surface area contributed by atoms with Crippen LogP contribution in [0.3, 0.4) is 0 Å². The van der Waals surface area contributed by atoms with Gasteiger partial charge in [-0.2, -0.15) is 0 Å². The van der Waals surface area contributed by atoms with Crippen molar-refractivity contribution in [2.24, 2.45) is 11.8 Å². The largest absolute Gasteiger partial charge is 0.508 e. The monoisotopic (exact) mass is 622 g/mol. The molecule has 4 rings (SSSR count). The molecule has 0 aliphatic carbocycles. The van der Waals surface area contributed by atoms with E-state index in [2.05, 4.69) is 53.0 Å². The average molecular weight is 623 g/mol. The van der Waals surface area contributed by atoms with Gasteiger partial charge in [0.25, 0.3) is 0 Å². The minimum absolute atomic E-state index is 0.298. The topological polar surface area (TPSA) is 58.9 Å². The van der Waals surface area contributed by atoms with Gasteiger partial charge < -0.3 is 19.7 Å². The first-order valence-corrected chi connectivity index (χ1v) is 16.5. The first-order chi connectivity index (χ1) is 22.3. The van der Waals surface area contributed by atoms with Crippen LogP contribution in [0.15, 0.2) is 122 Å². The van der Waals surface area contributed by atoms with E-state index >= 15 is 0 Å². The lowest BCUT2D eigenvalue weighted by atomic mass is 10.0. The molecular weight excluding hydrogens is 568 g/mol. The number of rotatable bonds is 15. The zero-order valence-corrected chi connectivity index (χ0v) is 28.3. The molecule has 246 valence electrons. The summed E-state index contributed by atoms with van der Waals surface area (Å²) in [6, 6.07) is 30.9. The van der Waals surface area contributed by atoms with Crippen molar-refractivity contribution in [1.82, 2.24) is 0 Å². The number of phenolic OH excluding ortho intramolecular Hbond substituents is 2. The Morgan fingerprint density at radius 3 is 1.37 bits per heavy atom. The van der Waals surface area contributed by atoms with E-state index in [-0.39, 0.29) is 0 Å². The van der Waals surface area contributed by atoms with Crippen molar-refractivity contribution in [3.63, 3.8) is 0 Å². The van der Waals surface area contributed by atoms with Crippen LogP contribution in [0, 0.1) is 11.8 Å². The van der Waals surface area contributed by atoms with Crippen LogP contribution in [-0.4, -0.2) is 23.4 Å². The third-order valence-corrected chi connectivity index (χ3v) is 7.76. The van der Waals surface area contributed by atoms with Crippen LogP contribution in [0.2, 0.25) is 0 Å². The highest BCUT2D eigenvalue weighted by molar-refractivity contribution is 5.35. The lowest BCUT2D eigenvalue weighted by Crippen LogP contribution is -2.01. The van der Waals surface area contributed by atoms with E-state index in [1.165, 1.54) is 41.5 Å². The van der Waals surface area contributed by atoms with Crippen molar-refractivity contribution >= 4 is 0 Å². The van der Waals surface area contributed by atoms with Gasteiger partial charge in [-0.3, -0.25) is 0 Å². The number of benzene rings is 4. The Bertz CT molecular complexity index is 1360. The first-order valence-electron chi connectivity index (χ1n) is 16.5. The molecule has 2 atom stereocenters. The Labute approximate surface area is 278 Å². The van der Waals surface area contributed by atoms with Crippen molar-refractivity contribution in [3.8, 4) is 23.0 Å². The number of allylic oxidation sites excluding steroid dienone is 1. The summed E-state index contributed by atoms with van der Waals surface area (Å²) in [4.78, 5) is 0. The molecule has 0 aliphatic heterocycles. The molecule has 0 aromatic heterocycles. The Hall–Kier alpha value is -4.44. The van der Waals surface area contributed by atoms with Gasteiger partial charge in [0.05, 0.1) is 6.61 Å². The molecule has 0 spiro atoms. The summed E-state index contributed by atoms with van der Waals surface area (Å²) < 4.78 is 11.2. The van der Waals surface area contributed by atoms with Gasteiger partial charge in [0.2, 0.25) is 0 Å². The Kier molecular flexibility index (Phi) is 18.2. The molecule has 0 aliphatic rings. The number of phenols is 2. The van der Waals surface area contributed by atoms with E-state index in [9.17, 15) is 10.2 Å². The molecule has 0 saturated heterocycles. The summed E-state index contributed by atoms with van der Waals surface area (Å²) in [5.41, 5.74) is 4.83. The van der Waals surface area contributed by atoms with Gasteiger partial charge >= 0.3 is 0 Å². The predicted molar refractivity (Wildman–Crippen MR) is 194 cm³/mol. The van der Waals surface area contributed by atoms with Crippen molar-refractivity contribution in [1.29, 1.82) is 0 Å². The smallest absolute Gasteiger partial charge is 0.119 e. The van der Waals surface area contributed by atoms with Gasteiger partial charge in [-0.05, 0) is 108 Å². The predicted octanol–water partition coefficient (Wildman–Crippen LogP) is 11.0. The van der Waals surface area contributed by atoms with Crippen LogP contribution in [0.5, 0.6) is 23.0 Å². The molecule has 0 radical (unpaired) electrons. The Balaban J connectivity index is 0.000000276. The summed E-state index contributed by atoms with van der Waals surface area (Å²) in [6.07, 6.45) is 10.2. The van der Waals surface area contributed by atoms with E-state index in [1.54, 1.807) is 30.3 Å². The second-order valence-electron chi connectivity index (χ2n) is 11.7. The number of hydrogen-bond donors (Lipinski definition) is 2. The zero-order valence-electron chi connectivity index (χ0n) is 28.3. The molecule has 4 aromatic rings. The molecule has 2 N–H and O–H groups in total. The van der Waals surface area contributed by atoms with Crippen molar-refractivity contribution in [3.05, 3.63) is 145 Å². The summed E-state index contributed by atoms with van der Waals surface area (Å²) in [6.45, 7) is 17.4. The highest BCUT2D eigenvalue weighted by Crippen LogP contribution is 2.19. The lowest BCUT2D eigenvalue weighted by Gasteiger charge is -2.10. The molecule has 0 bridgehead atoms. The number of ether oxygens (including phenoxy) is 2. The van der Waals surface area contributed by atoms with Crippen LogP contribution < -0.4 is 9.47 Å². The van der Waals surface area contributed by atoms with Crippen LogP contribution in [0.25, 0.3) is 0 Å². The molecule has 4 nitrogen and oxygen atoms in total. The second-order valence-corrected chi connectivity index (χ2v) is 11.7. The summed E-state index contributed by atoms with van der Waals surface area (Å²) in [5, 5.41) is 18.5. The molecule has 0 fully saturated rings. The van der Waals surface area contributed by atoms with Crippen LogP contribution >= 0.6 is 0 Å². The van der Waals surface area contributed by atoms with Gasteiger partial charge in [-0.15, -0.1) is 6.58 Å². The molecule has 0 amide bonds. The minimum atomic E-state index is 0.298. The summed E-state index contributed by atoms with van der Waals surface area (Å²) in [7, 11) is 0.